The molecule has 3 N–H and O–H groups in total. The fourth-order valence-corrected chi connectivity index (χ4v) is 2.43. The van der Waals surface area contributed by atoms with Gasteiger partial charge in [0.25, 0.3) is 0 Å². The maximum absolute atomic E-state index is 11.5. The molecular weight excluding hydrogens is 250 g/mol. The summed E-state index contributed by atoms with van der Waals surface area (Å²) in [5, 5.41) is 2.80. The highest BCUT2D eigenvalue weighted by Crippen LogP contribution is 2.19. The molecule has 0 radical (unpaired) electrons. The summed E-state index contributed by atoms with van der Waals surface area (Å²) in [6.07, 6.45) is 2.59. The highest BCUT2D eigenvalue weighted by Gasteiger charge is 2.15. The van der Waals surface area contributed by atoms with Crippen molar-refractivity contribution in [1.29, 1.82) is 0 Å². The van der Waals surface area contributed by atoms with Crippen LogP contribution in [0.5, 0.6) is 0 Å². The summed E-state index contributed by atoms with van der Waals surface area (Å²) in [6, 6.07) is 7.57. The number of piperidine rings is 1. The van der Waals surface area contributed by atoms with Gasteiger partial charge in [-0.05, 0) is 56.5 Å². The predicted molar refractivity (Wildman–Crippen MR) is 82.4 cm³/mol. The van der Waals surface area contributed by atoms with Crippen molar-refractivity contribution in [3.05, 3.63) is 29.8 Å². The number of likely N-dealkylation sites (tertiary alicyclic amines) is 1. The molecule has 1 saturated heterocycles. The molecule has 2 rings (SSSR count). The minimum atomic E-state index is -0.481. The van der Waals surface area contributed by atoms with E-state index in [2.05, 4.69) is 29.3 Å². The number of hydrogen-bond donors (Lipinski definition) is 2. The first-order valence-corrected chi connectivity index (χ1v) is 7.42. The van der Waals surface area contributed by atoms with E-state index in [1.165, 1.54) is 31.5 Å². The Bertz CT molecular complexity index is 434. The number of carbonyl (C=O) groups excluding carboxylic acids is 1. The van der Waals surface area contributed by atoms with Gasteiger partial charge in [-0.2, -0.15) is 0 Å². The molecule has 4 nitrogen and oxygen atoms in total. The zero-order valence-corrected chi connectivity index (χ0v) is 12.4. The first kappa shape index (κ1) is 15.0. The van der Waals surface area contributed by atoms with Crippen LogP contribution in [0.3, 0.4) is 0 Å². The van der Waals surface area contributed by atoms with Crippen LogP contribution < -0.4 is 11.1 Å². The van der Waals surface area contributed by atoms with Gasteiger partial charge in [-0.3, -0.25) is 9.69 Å². The number of anilines is 1. The van der Waals surface area contributed by atoms with Crippen molar-refractivity contribution in [1.82, 2.24) is 4.90 Å². The SMILES string of the molecule is CC1CCN(Cc2ccc(NC(=O)C(C)N)cc2)CC1. The van der Waals surface area contributed by atoms with Crippen LogP contribution in [0.25, 0.3) is 0 Å². The van der Waals surface area contributed by atoms with Gasteiger partial charge in [0.2, 0.25) is 5.91 Å². The summed E-state index contributed by atoms with van der Waals surface area (Å²) in [7, 11) is 0. The van der Waals surface area contributed by atoms with Gasteiger partial charge in [0.15, 0.2) is 0 Å². The molecular formula is C16H25N3O. The molecule has 0 saturated carbocycles. The van der Waals surface area contributed by atoms with Crippen LogP contribution in [0.1, 0.15) is 32.3 Å². The highest BCUT2D eigenvalue weighted by molar-refractivity contribution is 5.94. The van der Waals surface area contributed by atoms with Crippen molar-refractivity contribution in [3.8, 4) is 0 Å². The molecule has 0 aromatic heterocycles. The normalized spacial score (nSPS) is 18.8. The van der Waals surface area contributed by atoms with Gasteiger partial charge in [-0.25, -0.2) is 0 Å². The Morgan fingerprint density at radius 1 is 1.35 bits per heavy atom. The fraction of sp³-hybridized carbons (Fsp3) is 0.562. The Labute approximate surface area is 121 Å². The summed E-state index contributed by atoms with van der Waals surface area (Å²) >= 11 is 0. The first-order chi connectivity index (χ1) is 9.54. The molecule has 1 amide bonds. The van der Waals surface area contributed by atoms with Gasteiger partial charge in [0.1, 0.15) is 0 Å². The third kappa shape index (κ3) is 4.32. The molecule has 1 fully saturated rings. The second-order valence-electron chi connectivity index (χ2n) is 5.93. The van der Waals surface area contributed by atoms with E-state index >= 15 is 0 Å². The van der Waals surface area contributed by atoms with Gasteiger partial charge in [0, 0.05) is 12.2 Å². The van der Waals surface area contributed by atoms with E-state index in [0.717, 1.165) is 18.2 Å². The van der Waals surface area contributed by atoms with E-state index in [4.69, 9.17) is 5.73 Å². The van der Waals surface area contributed by atoms with Gasteiger partial charge >= 0.3 is 0 Å². The Balaban J connectivity index is 1.87. The van der Waals surface area contributed by atoms with Crippen LogP contribution in [0.15, 0.2) is 24.3 Å². The molecule has 1 aromatic carbocycles. The summed E-state index contributed by atoms with van der Waals surface area (Å²) in [5.74, 6) is 0.713. The van der Waals surface area contributed by atoms with Crippen LogP contribution in [0, 0.1) is 5.92 Å². The van der Waals surface area contributed by atoms with Gasteiger partial charge in [-0.15, -0.1) is 0 Å². The lowest BCUT2D eigenvalue weighted by atomic mass is 9.99. The molecule has 1 aliphatic heterocycles. The van der Waals surface area contributed by atoms with Crippen LogP contribution in [-0.4, -0.2) is 29.9 Å². The van der Waals surface area contributed by atoms with E-state index in [1.807, 2.05) is 12.1 Å². The quantitative estimate of drug-likeness (QED) is 0.885. The second-order valence-corrected chi connectivity index (χ2v) is 5.93. The lowest BCUT2D eigenvalue weighted by molar-refractivity contribution is -0.117. The summed E-state index contributed by atoms with van der Waals surface area (Å²) in [4.78, 5) is 14.0. The lowest BCUT2D eigenvalue weighted by Crippen LogP contribution is -2.32. The van der Waals surface area contributed by atoms with Gasteiger partial charge < -0.3 is 11.1 Å². The van der Waals surface area contributed by atoms with Crippen molar-refractivity contribution in [2.45, 2.75) is 39.3 Å². The predicted octanol–water partition coefficient (Wildman–Crippen LogP) is 2.20. The zero-order valence-electron chi connectivity index (χ0n) is 12.4. The minimum absolute atomic E-state index is 0.150. The monoisotopic (exact) mass is 275 g/mol. The van der Waals surface area contributed by atoms with Crippen LogP contribution in [0.4, 0.5) is 5.69 Å². The number of hydrogen-bond acceptors (Lipinski definition) is 3. The molecule has 4 heteroatoms. The smallest absolute Gasteiger partial charge is 0.240 e. The van der Waals surface area contributed by atoms with Crippen molar-refractivity contribution in [3.63, 3.8) is 0 Å². The fourth-order valence-electron chi connectivity index (χ4n) is 2.43. The third-order valence-corrected chi connectivity index (χ3v) is 3.92. The molecule has 20 heavy (non-hydrogen) atoms. The zero-order chi connectivity index (χ0) is 14.5. The van der Waals surface area contributed by atoms with Gasteiger partial charge in [-0.1, -0.05) is 19.1 Å². The molecule has 1 heterocycles. The first-order valence-electron chi connectivity index (χ1n) is 7.42. The summed E-state index contributed by atoms with van der Waals surface area (Å²) in [6.45, 7) is 7.37. The highest BCUT2D eigenvalue weighted by atomic mass is 16.2. The average molecular weight is 275 g/mol. The third-order valence-electron chi connectivity index (χ3n) is 3.92. The lowest BCUT2D eigenvalue weighted by Gasteiger charge is -2.30. The van der Waals surface area contributed by atoms with Crippen molar-refractivity contribution in [2.24, 2.45) is 11.7 Å². The molecule has 0 bridgehead atoms. The molecule has 1 unspecified atom stereocenters. The van der Waals surface area contributed by atoms with Crippen LogP contribution in [-0.2, 0) is 11.3 Å². The Kier molecular flexibility index (Phi) is 5.15. The maximum atomic E-state index is 11.5. The molecule has 1 aromatic rings. The number of nitrogens with one attached hydrogen (secondary N) is 1. The maximum Gasteiger partial charge on any atom is 0.240 e. The molecule has 0 aliphatic carbocycles. The molecule has 0 spiro atoms. The molecule has 110 valence electrons. The van der Waals surface area contributed by atoms with Gasteiger partial charge in [0.05, 0.1) is 6.04 Å². The number of nitrogens with two attached hydrogens (primary N) is 1. The van der Waals surface area contributed by atoms with E-state index in [1.54, 1.807) is 6.92 Å². The summed E-state index contributed by atoms with van der Waals surface area (Å²) in [5.41, 5.74) is 7.63. The number of benzene rings is 1. The Morgan fingerprint density at radius 3 is 2.50 bits per heavy atom. The topological polar surface area (TPSA) is 58.4 Å². The number of carbonyl (C=O) groups is 1. The second kappa shape index (κ2) is 6.86. The van der Waals surface area contributed by atoms with Crippen molar-refractivity contribution >= 4 is 11.6 Å². The Hall–Kier alpha value is -1.39. The average Bonchev–Trinajstić information content (AvgIpc) is 2.43. The largest absolute Gasteiger partial charge is 0.325 e. The van der Waals surface area contributed by atoms with Crippen molar-refractivity contribution in [2.75, 3.05) is 18.4 Å². The standard InChI is InChI=1S/C16H25N3O/c1-12-7-9-19(10-8-12)11-14-3-5-15(6-4-14)18-16(20)13(2)17/h3-6,12-13H,7-11,17H2,1-2H3,(H,18,20). The molecule has 1 atom stereocenters. The van der Waals surface area contributed by atoms with E-state index in [-0.39, 0.29) is 5.91 Å². The van der Waals surface area contributed by atoms with E-state index in [9.17, 15) is 4.79 Å². The number of nitrogens with zero attached hydrogens (tertiary/aromatic N) is 1. The van der Waals surface area contributed by atoms with Crippen LogP contribution in [0.2, 0.25) is 0 Å². The van der Waals surface area contributed by atoms with E-state index in [0.29, 0.717) is 0 Å². The molecule has 1 aliphatic rings. The summed E-state index contributed by atoms with van der Waals surface area (Å²) < 4.78 is 0. The van der Waals surface area contributed by atoms with Crippen LogP contribution >= 0.6 is 0 Å². The minimum Gasteiger partial charge on any atom is -0.325 e. The Morgan fingerprint density at radius 2 is 1.95 bits per heavy atom. The van der Waals surface area contributed by atoms with E-state index < -0.39 is 6.04 Å². The number of amides is 1. The number of rotatable bonds is 4. The van der Waals surface area contributed by atoms with Crippen molar-refractivity contribution < 1.29 is 4.79 Å².